The molecule has 0 aliphatic rings. The predicted molar refractivity (Wildman–Crippen MR) is 42.7 cm³/mol. The minimum absolute atomic E-state index is 0. The van der Waals surface area contributed by atoms with Crippen molar-refractivity contribution in [1.29, 1.82) is 0 Å². The number of thiol groups is 1. The van der Waals surface area contributed by atoms with Gasteiger partial charge < -0.3 is 10.4 Å². The van der Waals surface area contributed by atoms with Gasteiger partial charge in [-0.3, -0.25) is 0 Å². The average molecular weight is 185 g/mol. The maximum absolute atomic E-state index is 8.46. The average Bonchev–Trinajstić information content (AvgIpc) is 1.87. The van der Waals surface area contributed by atoms with Crippen LogP contribution < -0.4 is 51.4 Å². The van der Waals surface area contributed by atoms with Crippen molar-refractivity contribution in [1.82, 2.24) is 0 Å². The van der Waals surface area contributed by atoms with Gasteiger partial charge in [-0.2, -0.15) is 5.70 Å². The minimum Gasteiger partial charge on any atom is -0.690 e. The van der Waals surface area contributed by atoms with E-state index in [1.807, 2.05) is 6.92 Å². The van der Waals surface area contributed by atoms with Crippen LogP contribution in [0.25, 0.3) is 5.32 Å². The van der Waals surface area contributed by atoms with Crippen molar-refractivity contribution in [2.24, 2.45) is 0 Å². The van der Waals surface area contributed by atoms with Crippen molar-refractivity contribution >= 4 is 12.6 Å². The summed E-state index contributed by atoms with van der Waals surface area (Å²) in [5, 5.41) is 12.4. The first kappa shape index (κ1) is 14.0. The molecule has 2 nitrogen and oxygen atoms in total. The fourth-order valence-electron chi connectivity index (χ4n) is 0.416. The molecule has 1 N–H and O–H groups in total. The Bertz CT molecular complexity index is 116. The molecule has 0 bridgehead atoms. The van der Waals surface area contributed by atoms with E-state index < -0.39 is 0 Å². The molecular formula is C6H12KNOS. The summed E-state index contributed by atoms with van der Waals surface area (Å²) in [5.41, 5.74) is 0.896. The summed E-state index contributed by atoms with van der Waals surface area (Å²) < 4.78 is 0. The van der Waals surface area contributed by atoms with Gasteiger partial charge in [0.2, 0.25) is 0 Å². The molecule has 4 heteroatoms. The Hall–Kier alpha value is 1.49. The Morgan fingerprint density at radius 2 is 2.10 bits per heavy atom. The Balaban J connectivity index is 0. The molecule has 0 aromatic rings. The van der Waals surface area contributed by atoms with E-state index in [2.05, 4.69) is 17.9 Å². The number of aliphatic hydroxyl groups excluding tert-OH is 1. The van der Waals surface area contributed by atoms with Crippen molar-refractivity contribution in [3.8, 4) is 0 Å². The van der Waals surface area contributed by atoms with Crippen LogP contribution >= 0.6 is 12.6 Å². The summed E-state index contributed by atoms with van der Waals surface area (Å²) in [4.78, 5) is 0.861. The molecule has 0 saturated heterocycles. The van der Waals surface area contributed by atoms with Crippen LogP contribution in [-0.4, -0.2) is 18.8 Å². The molecular weight excluding hydrogens is 173 g/mol. The van der Waals surface area contributed by atoms with Gasteiger partial charge in [-0.1, -0.05) is 6.92 Å². The molecule has 0 radical (unpaired) electrons. The van der Waals surface area contributed by atoms with E-state index in [4.69, 9.17) is 5.11 Å². The van der Waals surface area contributed by atoms with E-state index in [1.165, 1.54) is 0 Å². The van der Waals surface area contributed by atoms with E-state index in [-0.39, 0.29) is 58.0 Å². The number of rotatable bonds is 3. The number of hydrogen-bond acceptors (Lipinski definition) is 2. The predicted octanol–water partition coefficient (Wildman–Crippen LogP) is -1.46. The molecule has 0 aromatic heterocycles. The molecule has 0 unspecified atom stereocenters. The van der Waals surface area contributed by atoms with Crippen molar-refractivity contribution in [3.05, 3.63) is 15.9 Å². The van der Waals surface area contributed by atoms with Crippen LogP contribution in [-0.2, 0) is 0 Å². The summed E-state index contributed by atoms with van der Waals surface area (Å²) in [6.07, 6.45) is 0.603. The van der Waals surface area contributed by atoms with Crippen LogP contribution in [0.4, 0.5) is 0 Å². The van der Waals surface area contributed by atoms with Gasteiger partial charge in [-0.15, -0.1) is 19.7 Å². The van der Waals surface area contributed by atoms with Gasteiger partial charge in [0.1, 0.15) is 0 Å². The molecule has 0 aromatic carbocycles. The summed E-state index contributed by atoms with van der Waals surface area (Å²) in [7, 11) is 1.71. The van der Waals surface area contributed by atoms with Crippen molar-refractivity contribution < 1.29 is 56.5 Å². The number of hydrogen-bond donors (Lipinski definition) is 2. The Morgan fingerprint density at radius 3 is 2.40 bits per heavy atom. The van der Waals surface area contributed by atoms with Crippen LogP contribution in [0.2, 0.25) is 0 Å². The molecule has 0 fully saturated rings. The molecule has 54 valence electrons. The fraction of sp³-hybridized carbons (Fsp3) is 0.667. The number of allylic oxidation sites excluding steroid dienone is 1. The van der Waals surface area contributed by atoms with Gasteiger partial charge in [-0.05, 0) is 11.3 Å². The SMILES string of the molecule is C[N-]/C(C)=C(\S)CCO.[K+]. The van der Waals surface area contributed by atoms with Crippen molar-refractivity contribution in [2.45, 2.75) is 13.3 Å². The Labute approximate surface area is 110 Å². The third-order valence-corrected chi connectivity index (χ3v) is 1.65. The first-order valence-electron chi connectivity index (χ1n) is 2.81. The summed E-state index contributed by atoms with van der Waals surface area (Å²) in [6.45, 7) is 2.02. The zero-order valence-corrected chi connectivity index (χ0v) is 10.8. The fourth-order valence-corrected chi connectivity index (χ4v) is 0.616. The van der Waals surface area contributed by atoms with Gasteiger partial charge in [0.05, 0.1) is 0 Å². The second kappa shape index (κ2) is 8.58. The largest absolute Gasteiger partial charge is 1.00 e. The van der Waals surface area contributed by atoms with Crippen LogP contribution in [0.3, 0.4) is 0 Å². The zero-order chi connectivity index (χ0) is 7.28. The van der Waals surface area contributed by atoms with Gasteiger partial charge in [0.25, 0.3) is 0 Å². The molecule has 0 aliphatic heterocycles. The first-order valence-corrected chi connectivity index (χ1v) is 3.26. The second-order valence-electron chi connectivity index (χ2n) is 1.73. The third-order valence-electron chi connectivity index (χ3n) is 1.10. The van der Waals surface area contributed by atoms with Crippen LogP contribution in [0, 0.1) is 0 Å². The van der Waals surface area contributed by atoms with Crippen LogP contribution in [0.1, 0.15) is 13.3 Å². The Morgan fingerprint density at radius 1 is 1.60 bits per heavy atom. The third kappa shape index (κ3) is 6.21. The van der Waals surface area contributed by atoms with E-state index >= 15 is 0 Å². The van der Waals surface area contributed by atoms with Crippen LogP contribution in [0.5, 0.6) is 0 Å². The van der Waals surface area contributed by atoms with E-state index in [0.29, 0.717) is 6.42 Å². The summed E-state index contributed by atoms with van der Waals surface area (Å²) in [6, 6.07) is 0. The van der Waals surface area contributed by atoms with Gasteiger partial charge >= 0.3 is 51.4 Å². The molecule has 0 heterocycles. The normalized spacial score (nSPS) is 11.6. The molecule has 10 heavy (non-hydrogen) atoms. The monoisotopic (exact) mass is 185 g/mol. The quantitative estimate of drug-likeness (QED) is 0.409. The maximum Gasteiger partial charge on any atom is 1.00 e. The Kier molecular flexibility index (Phi) is 12.0. The van der Waals surface area contributed by atoms with Gasteiger partial charge in [0, 0.05) is 6.61 Å². The number of nitrogens with zero attached hydrogens (tertiary/aromatic N) is 1. The smallest absolute Gasteiger partial charge is 0.690 e. The van der Waals surface area contributed by atoms with Gasteiger partial charge in [-0.25, -0.2) is 0 Å². The molecule has 0 saturated carbocycles. The first-order chi connectivity index (χ1) is 4.22. The molecule has 0 rings (SSSR count). The molecule has 0 spiro atoms. The summed E-state index contributed by atoms with van der Waals surface area (Å²) >= 11 is 4.11. The standard InChI is InChI=1S/C6H12NOS.K/c1-5(7-2)6(9)3-4-8;/h8-9H,3-4H2,1-2H3;/q-1;+1/b6-5-;. The van der Waals surface area contributed by atoms with E-state index in [0.717, 1.165) is 10.6 Å². The summed E-state index contributed by atoms with van der Waals surface area (Å²) in [5.74, 6) is 0. The van der Waals surface area contributed by atoms with Crippen molar-refractivity contribution in [3.63, 3.8) is 0 Å². The maximum atomic E-state index is 8.46. The molecule has 0 aliphatic carbocycles. The molecule has 0 atom stereocenters. The van der Waals surface area contributed by atoms with Crippen LogP contribution in [0.15, 0.2) is 10.6 Å². The van der Waals surface area contributed by atoms with Crippen molar-refractivity contribution in [2.75, 3.05) is 13.7 Å². The zero-order valence-electron chi connectivity index (χ0n) is 6.76. The second-order valence-corrected chi connectivity index (χ2v) is 2.27. The number of aliphatic hydroxyl groups is 1. The molecule has 0 amide bonds. The van der Waals surface area contributed by atoms with Gasteiger partial charge in [0.15, 0.2) is 0 Å². The van der Waals surface area contributed by atoms with E-state index in [1.54, 1.807) is 7.05 Å². The minimum atomic E-state index is 0. The topological polar surface area (TPSA) is 34.3 Å². The van der Waals surface area contributed by atoms with E-state index in [9.17, 15) is 0 Å².